The molecule has 3 rings (SSSR count). The van der Waals surface area contributed by atoms with Crippen molar-refractivity contribution in [3.05, 3.63) is 63.6 Å². The van der Waals surface area contributed by atoms with Gasteiger partial charge in [-0.25, -0.2) is 0 Å². The van der Waals surface area contributed by atoms with Crippen LogP contribution in [-0.2, 0) is 18.5 Å². The second-order valence-corrected chi connectivity index (χ2v) is 10.9. The van der Waals surface area contributed by atoms with E-state index in [0.29, 0.717) is 34.6 Å². The minimum Gasteiger partial charge on any atom is -0.324 e. The van der Waals surface area contributed by atoms with E-state index in [2.05, 4.69) is 17.6 Å². The molecule has 212 valence electrons. The van der Waals surface area contributed by atoms with Gasteiger partial charge in [-0.2, -0.15) is 13.2 Å². The van der Waals surface area contributed by atoms with E-state index in [1.165, 1.54) is 11.0 Å². The summed E-state index contributed by atoms with van der Waals surface area (Å²) in [4.78, 5) is 27.6. The highest BCUT2D eigenvalue weighted by molar-refractivity contribution is 6.04. The van der Waals surface area contributed by atoms with E-state index in [1.54, 1.807) is 25.2 Å². The van der Waals surface area contributed by atoms with E-state index in [9.17, 15) is 22.8 Å². The Kier molecular flexibility index (Phi) is 9.05. The second kappa shape index (κ2) is 11.7. The highest BCUT2D eigenvalue weighted by Gasteiger charge is 2.48. The van der Waals surface area contributed by atoms with Gasteiger partial charge in [0.2, 0.25) is 0 Å². The summed E-state index contributed by atoms with van der Waals surface area (Å²) in [5.74, 6) is 0.118. The number of amidine groups is 1. The van der Waals surface area contributed by atoms with Crippen molar-refractivity contribution >= 4 is 23.8 Å². The van der Waals surface area contributed by atoms with Gasteiger partial charge in [-0.1, -0.05) is 32.9 Å². The van der Waals surface area contributed by atoms with Crippen LogP contribution in [0.25, 0.3) is 0 Å². The Hall–Kier alpha value is -3.47. The fraction of sp³-hybridized carbons (Fsp3) is 0.500. The van der Waals surface area contributed by atoms with E-state index >= 15 is 0 Å². The van der Waals surface area contributed by atoms with Gasteiger partial charge in [-0.05, 0) is 60.9 Å². The summed E-state index contributed by atoms with van der Waals surface area (Å²) in [6.07, 6.45) is -1.01. The summed E-state index contributed by atoms with van der Waals surface area (Å²) < 4.78 is 40.2. The van der Waals surface area contributed by atoms with Gasteiger partial charge in [-0.3, -0.25) is 20.4 Å². The van der Waals surface area contributed by atoms with Crippen molar-refractivity contribution in [1.29, 1.82) is 10.8 Å². The zero-order valence-electron chi connectivity index (χ0n) is 22.9. The fourth-order valence-corrected chi connectivity index (χ4v) is 4.97. The van der Waals surface area contributed by atoms with Crippen LogP contribution >= 0.6 is 0 Å². The first-order chi connectivity index (χ1) is 18.2. The van der Waals surface area contributed by atoms with Crippen molar-refractivity contribution in [2.24, 2.45) is 11.8 Å². The number of rotatable bonds is 10. The van der Waals surface area contributed by atoms with Crippen LogP contribution in [0.4, 0.5) is 18.9 Å². The molecule has 1 aromatic carbocycles. The number of benzene rings is 1. The number of alkyl halides is 3. The normalized spacial score (nSPS) is 19.8. The molecule has 11 heteroatoms. The van der Waals surface area contributed by atoms with Crippen LogP contribution in [0.1, 0.15) is 62.0 Å². The number of anilines is 1. The number of nitrogens with zero attached hydrogens (tertiary/aromatic N) is 2. The fourth-order valence-electron chi connectivity index (χ4n) is 4.97. The van der Waals surface area contributed by atoms with E-state index in [-0.39, 0.29) is 29.9 Å². The summed E-state index contributed by atoms with van der Waals surface area (Å²) in [5, 5.41) is 22.1. The maximum Gasteiger partial charge on any atom is 0.406 e. The second-order valence-electron chi connectivity index (χ2n) is 10.9. The van der Waals surface area contributed by atoms with Crippen LogP contribution in [0, 0.1) is 22.7 Å². The summed E-state index contributed by atoms with van der Waals surface area (Å²) in [6.45, 7) is 6.74. The summed E-state index contributed by atoms with van der Waals surface area (Å²) in [6, 6.07) is 8.33. The number of carbonyl (C=O) groups excluding carboxylic acids is 1. The van der Waals surface area contributed by atoms with Gasteiger partial charge >= 0.3 is 6.18 Å². The third kappa shape index (κ3) is 6.95. The molecule has 0 aliphatic heterocycles. The van der Waals surface area contributed by atoms with Crippen molar-refractivity contribution in [3.8, 4) is 0 Å². The smallest absolute Gasteiger partial charge is 0.324 e. The van der Waals surface area contributed by atoms with Gasteiger partial charge in [0.05, 0.1) is 11.8 Å². The van der Waals surface area contributed by atoms with Crippen LogP contribution in [0.15, 0.2) is 41.3 Å². The highest BCUT2D eigenvalue weighted by atomic mass is 19.4. The summed E-state index contributed by atoms with van der Waals surface area (Å²) in [7, 11) is 1.64. The number of halogens is 3. The van der Waals surface area contributed by atoms with Crippen molar-refractivity contribution in [2.45, 2.75) is 71.3 Å². The standard InChI is InChI=1S/C28H37F3N6O2/c1-17(2)19(4)34-13-20-9-23(25(39)37(14-20)15-28(29,30)31)24(38)35-22-8-6-7-21(10-22)27(11-18(3)12-27)26(33)36(5)16-32/h6-10,14,16-19,32-34H,11-13,15H2,1-5H3,(H,35,38). The van der Waals surface area contributed by atoms with E-state index in [4.69, 9.17) is 10.8 Å². The number of carbonyl (C=O) groups is 1. The SMILES string of the molecule is CC1CC(C(=N)N(C)C=N)(c2cccc(NC(=O)c3cc(CNC(C)C(C)C)cn(CC(F)(F)F)c3=O)c2)C1. The largest absolute Gasteiger partial charge is 0.406 e. The number of amides is 1. The molecule has 4 N–H and O–H groups in total. The van der Waals surface area contributed by atoms with Crippen molar-refractivity contribution in [1.82, 2.24) is 14.8 Å². The summed E-state index contributed by atoms with van der Waals surface area (Å²) >= 11 is 0. The van der Waals surface area contributed by atoms with Gasteiger partial charge in [0.1, 0.15) is 17.9 Å². The van der Waals surface area contributed by atoms with Gasteiger partial charge in [-0.15, -0.1) is 0 Å². The number of hydrogen-bond acceptors (Lipinski definition) is 5. The van der Waals surface area contributed by atoms with Crippen LogP contribution in [0.5, 0.6) is 0 Å². The molecule has 0 bridgehead atoms. The van der Waals surface area contributed by atoms with Gasteiger partial charge < -0.3 is 20.1 Å². The van der Waals surface area contributed by atoms with Crippen molar-refractivity contribution in [3.63, 3.8) is 0 Å². The average molecular weight is 547 g/mol. The number of nitrogens with one attached hydrogen (secondary N) is 4. The Bertz CT molecular complexity index is 1280. The van der Waals surface area contributed by atoms with Crippen LogP contribution in [0.3, 0.4) is 0 Å². The molecule has 0 spiro atoms. The number of likely N-dealkylation sites (N-methyl/N-ethyl adjacent to an activating group) is 1. The minimum atomic E-state index is -4.63. The number of hydrogen-bond donors (Lipinski definition) is 4. The molecule has 2 aromatic rings. The molecule has 0 radical (unpaired) electrons. The van der Waals surface area contributed by atoms with E-state index in [0.717, 1.165) is 18.1 Å². The lowest BCUT2D eigenvalue weighted by molar-refractivity contribution is -0.141. The average Bonchev–Trinajstić information content (AvgIpc) is 2.84. The Morgan fingerprint density at radius 2 is 1.92 bits per heavy atom. The first-order valence-corrected chi connectivity index (χ1v) is 12.9. The van der Waals surface area contributed by atoms with Crippen LogP contribution < -0.4 is 16.2 Å². The molecular formula is C28H37F3N6O2. The molecule has 1 atom stereocenters. The first-order valence-electron chi connectivity index (χ1n) is 12.9. The topological polar surface area (TPSA) is 114 Å². The minimum absolute atomic E-state index is 0.0694. The molecule has 39 heavy (non-hydrogen) atoms. The Balaban J connectivity index is 1.93. The zero-order chi connectivity index (χ0) is 29.1. The molecule has 1 aliphatic rings. The maximum absolute atomic E-state index is 13.2. The van der Waals surface area contributed by atoms with Gasteiger partial charge in [0.15, 0.2) is 0 Å². The highest BCUT2D eigenvalue weighted by Crippen LogP contribution is 2.49. The molecule has 1 unspecified atom stereocenters. The zero-order valence-corrected chi connectivity index (χ0v) is 22.9. The predicted molar refractivity (Wildman–Crippen MR) is 147 cm³/mol. The first kappa shape index (κ1) is 30.1. The molecule has 1 amide bonds. The molecule has 8 nitrogen and oxygen atoms in total. The van der Waals surface area contributed by atoms with Crippen LogP contribution in [-0.4, -0.2) is 46.8 Å². The van der Waals surface area contributed by atoms with E-state index in [1.807, 2.05) is 26.8 Å². The van der Waals surface area contributed by atoms with Crippen molar-refractivity contribution < 1.29 is 18.0 Å². The Labute approximate surface area is 226 Å². The Morgan fingerprint density at radius 3 is 2.49 bits per heavy atom. The lowest BCUT2D eigenvalue weighted by Gasteiger charge is -2.48. The lowest BCUT2D eigenvalue weighted by Crippen LogP contribution is -2.52. The molecule has 1 aliphatic carbocycles. The molecule has 1 aromatic heterocycles. The lowest BCUT2D eigenvalue weighted by atomic mass is 9.58. The molecule has 0 saturated heterocycles. The number of pyridine rings is 1. The van der Waals surface area contributed by atoms with Crippen molar-refractivity contribution in [2.75, 3.05) is 12.4 Å². The monoisotopic (exact) mass is 546 g/mol. The quantitative estimate of drug-likeness (QED) is 0.249. The third-order valence-corrected chi connectivity index (χ3v) is 7.43. The molecular weight excluding hydrogens is 509 g/mol. The predicted octanol–water partition coefficient (Wildman–Crippen LogP) is 4.98. The summed E-state index contributed by atoms with van der Waals surface area (Å²) in [5.41, 5.74) is -0.502. The molecule has 1 saturated carbocycles. The molecule has 1 heterocycles. The Morgan fingerprint density at radius 1 is 1.26 bits per heavy atom. The number of aromatic nitrogens is 1. The molecule has 1 fully saturated rings. The van der Waals surface area contributed by atoms with E-state index < -0.39 is 29.6 Å². The van der Waals surface area contributed by atoms with Gasteiger partial charge in [0.25, 0.3) is 11.5 Å². The third-order valence-electron chi connectivity index (χ3n) is 7.43. The van der Waals surface area contributed by atoms with Crippen LogP contribution in [0.2, 0.25) is 0 Å². The maximum atomic E-state index is 13.2. The van der Waals surface area contributed by atoms with Gasteiger partial charge in [0, 0.05) is 31.5 Å².